The monoisotopic (exact) mass is 251 g/mol. The molecule has 0 radical (unpaired) electrons. The summed E-state index contributed by atoms with van der Waals surface area (Å²) in [7, 11) is 0. The van der Waals surface area contributed by atoms with Crippen LogP contribution in [0.5, 0.6) is 0 Å². The van der Waals surface area contributed by atoms with Gasteiger partial charge in [-0.2, -0.15) is 0 Å². The van der Waals surface area contributed by atoms with Crippen LogP contribution in [0.25, 0.3) is 0 Å². The van der Waals surface area contributed by atoms with Crippen molar-refractivity contribution in [3.63, 3.8) is 0 Å². The van der Waals surface area contributed by atoms with Crippen molar-refractivity contribution in [1.29, 1.82) is 0 Å². The van der Waals surface area contributed by atoms with E-state index >= 15 is 0 Å². The maximum absolute atomic E-state index is 12.3. The van der Waals surface area contributed by atoms with Crippen LogP contribution in [-0.4, -0.2) is 9.36 Å². The van der Waals surface area contributed by atoms with Crippen molar-refractivity contribution in [2.24, 2.45) is 0 Å². The molecular weight excluding hydrogens is 226 g/mol. The summed E-state index contributed by atoms with van der Waals surface area (Å²) in [6, 6.07) is 0.350. The topological polar surface area (TPSA) is 52.9 Å². The number of nitrogens with zero attached hydrogens (tertiary/aromatic N) is 2. The number of anilines is 1. The molecule has 0 aromatic carbocycles. The molecule has 4 nitrogen and oxygen atoms in total. The van der Waals surface area contributed by atoms with Crippen LogP contribution in [0.2, 0.25) is 0 Å². The molecule has 1 saturated carbocycles. The molecule has 0 bridgehead atoms. The van der Waals surface area contributed by atoms with E-state index in [1.54, 1.807) is 0 Å². The van der Waals surface area contributed by atoms with Crippen molar-refractivity contribution in [2.45, 2.75) is 71.4 Å². The van der Waals surface area contributed by atoms with E-state index in [0.717, 1.165) is 31.5 Å². The summed E-state index contributed by atoms with van der Waals surface area (Å²) in [6.07, 6.45) is 8.32. The van der Waals surface area contributed by atoms with Gasteiger partial charge in [0.1, 0.15) is 5.69 Å². The summed E-state index contributed by atoms with van der Waals surface area (Å²) in [5.74, 6) is 0. The van der Waals surface area contributed by atoms with Gasteiger partial charge in [-0.15, -0.1) is 0 Å². The van der Waals surface area contributed by atoms with Crippen molar-refractivity contribution in [1.82, 2.24) is 9.36 Å². The minimum absolute atomic E-state index is 0.0212. The van der Waals surface area contributed by atoms with Crippen molar-refractivity contribution in [2.75, 3.05) is 5.73 Å². The Kier molecular flexibility index (Phi) is 4.15. The molecule has 1 aromatic heterocycles. The molecule has 1 aliphatic rings. The van der Waals surface area contributed by atoms with Gasteiger partial charge in [0.05, 0.1) is 11.7 Å². The molecule has 4 heteroatoms. The van der Waals surface area contributed by atoms with E-state index < -0.39 is 0 Å². The summed E-state index contributed by atoms with van der Waals surface area (Å²) in [4.78, 5) is 12.3. The lowest BCUT2D eigenvalue weighted by Gasteiger charge is -2.21. The maximum atomic E-state index is 12.3. The molecular formula is C14H25N3O. The maximum Gasteiger partial charge on any atom is 0.290 e. The highest BCUT2D eigenvalue weighted by atomic mass is 16.1. The van der Waals surface area contributed by atoms with E-state index in [1.165, 1.54) is 25.7 Å². The second kappa shape index (κ2) is 5.63. The molecule has 0 spiro atoms. The van der Waals surface area contributed by atoms with E-state index in [9.17, 15) is 4.79 Å². The van der Waals surface area contributed by atoms with Gasteiger partial charge >= 0.3 is 0 Å². The number of rotatable bonds is 3. The van der Waals surface area contributed by atoms with Crippen LogP contribution in [-0.2, 0) is 6.54 Å². The van der Waals surface area contributed by atoms with E-state index in [0.29, 0.717) is 11.7 Å². The lowest BCUT2D eigenvalue weighted by Crippen LogP contribution is -2.28. The molecule has 0 atom stereocenters. The number of nitrogen functional groups attached to an aromatic ring is 1. The molecule has 1 aromatic rings. The summed E-state index contributed by atoms with van der Waals surface area (Å²) in [5, 5.41) is 0. The Balaban J connectivity index is 2.41. The van der Waals surface area contributed by atoms with E-state index in [2.05, 4.69) is 11.6 Å². The largest absolute Gasteiger partial charge is 0.393 e. The normalized spacial score (nSPS) is 17.9. The Hall–Kier alpha value is -1.19. The van der Waals surface area contributed by atoms with E-state index in [1.807, 2.05) is 11.6 Å². The van der Waals surface area contributed by atoms with Gasteiger partial charge in [0.2, 0.25) is 0 Å². The van der Waals surface area contributed by atoms with Gasteiger partial charge in [-0.3, -0.25) is 9.48 Å². The zero-order chi connectivity index (χ0) is 13.1. The molecule has 0 amide bonds. The molecule has 102 valence electrons. The zero-order valence-corrected chi connectivity index (χ0v) is 11.6. The van der Waals surface area contributed by atoms with Gasteiger partial charge in [-0.25, -0.2) is 4.68 Å². The first-order valence-corrected chi connectivity index (χ1v) is 7.24. The standard InChI is InChI=1S/C14H25N3O/c1-3-10-16-11(2)13(15)14(18)17(16)12-8-6-4-5-7-9-12/h12H,3-10,15H2,1-2H3. The first-order chi connectivity index (χ1) is 8.66. The molecule has 18 heavy (non-hydrogen) atoms. The first kappa shape index (κ1) is 13.2. The molecule has 0 unspecified atom stereocenters. The number of nitrogens with two attached hydrogens (primary N) is 1. The minimum atomic E-state index is 0.0212. The fraction of sp³-hybridized carbons (Fsp3) is 0.786. The lowest BCUT2D eigenvalue weighted by atomic mass is 10.1. The highest BCUT2D eigenvalue weighted by molar-refractivity contribution is 5.40. The summed E-state index contributed by atoms with van der Waals surface area (Å²) >= 11 is 0. The Bertz CT molecular complexity index is 450. The fourth-order valence-electron chi connectivity index (χ4n) is 3.04. The van der Waals surface area contributed by atoms with Crippen molar-refractivity contribution in [3.05, 3.63) is 16.0 Å². The Morgan fingerprint density at radius 1 is 1.22 bits per heavy atom. The van der Waals surface area contributed by atoms with Gasteiger partial charge in [-0.05, 0) is 26.2 Å². The molecule has 2 N–H and O–H groups in total. The highest BCUT2D eigenvalue weighted by Gasteiger charge is 2.22. The van der Waals surface area contributed by atoms with Crippen LogP contribution in [0.4, 0.5) is 5.69 Å². The van der Waals surface area contributed by atoms with Crippen LogP contribution in [0.1, 0.15) is 63.6 Å². The van der Waals surface area contributed by atoms with Gasteiger partial charge in [0.15, 0.2) is 0 Å². The SMILES string of the molecule is CCCn1c(C)c(N)c(=O)n1C1CCCCCC1. The Labute approximate surface area is 109 Å². The minimum Gasteiger partial charge on any atom is -0.393 e. The summed E-state index contributed by atoms with van der Waals surface area (Å²) in [6.45, 7) is 4.98. The third-order valence-corrected chi connectivity index (χ3v) is 4.08. The van der Waals surface area contributed by atoms with Crippen LogP contribution in [0.3, 0.4) is 0 Å². The smallest absolute Gasteiger partial charge is 0.290 e. The number of hydrogen-bond acceptors (Lipinski definition) is 2. The predicted molar refractivity (Wildman–Crippen MR) is 74.9 cm³/mol. The molecule has 1 fully saturated rings. The van der Waals surface area contributed by atoms with E-state index in [-0.39, 0.29) is 5.56 Å². The second-order valence-electron chi connectivity index (χ2n) is 5.42. The molecule has 1 aliphatic carbocycles. The van der Waals surface area contributed by atoms with Crippen LogP contribution < -0.4 is 11.3 Å². The third kappa shape index (κ3) is 2.33. The van der Waals surface area contributed by atoms with Gasteiger partial charge in [0.25, 0.3) is 5.56 Å². The zero-order valence-electron chi connectivity index (χ0n) is 11.6. The third-order valence-electron chi connectivity index (χ3n) is 4.08. The number of aromatic nitrogens is 2. The van der Waals surface area contributed by atoms with Gasteiger partial charge < -0.3 is 5.73 Å². The van der Waals surface area contributed by atoms with Crippen LogP contribution >= 0.6 is 0 Å². The predicted octanol–water partition coefficient (Wildman–Crippen LogP) is 2.85. The first-order valence-electron chi connectivity index (χ1n) is 7.24. The van der Waals surface area contributed by atoms with Crippen LogP contribution in [0.15, 0.2) is 4.79 Å². The number of hydrogen-bond donors (Lipinski definition) is 1. The average Bonchev–Trinajstić information content (AvgIpc) is 2.60. The summed E-state index contributed by atoms with van der Waals surface area (Å²) < 4.78 is 4.05. The lowest BCUT2D eigenvalue weighted by molar-refractivity contribution is 0.324. The average molecular weight is 251 g/mol. The Morgan fingerprint density at radius 2 is 1.83 bits per heavy atom. The highest BCUT2D eigenvalue weighted by Crippen LogP contribution is 2.27. The Morgan fingerprint density at radius 3 is 2.39 bits per heavy atom. The molecule has 2 rings (SSSR count). The second-order valence-corrected chi connectivity index (χ2v) is 5.42. The van der Waals surface area contributed by atoms with Gasteiger partial charge in [0, 0.05) is 6.54 Å². The van der Waals surface area contributed by atoms with Crippen molar-refractivity contribution >= 4 is 5.69 Å². The van der Waals surface area contributed by atoms with Gasteiger partial charge in [-0.1, -0.05) is 32.6 Å². The quantitative estimate of drug-likeness (QED) is 0.840. The molecule has 0 saturated heterocycles. The summed E-state index contributed by atoms with van der Waals surface area (Å²) in [5.41, 5.74) is 7.32. The van der Waals surface area contributed by atoms with Crippen LogP contribution in [0, 0.1) is 6.92 Å². The fourth-order valence-corrected chi connectivity index (χ4v) is 3.04. The van der Waals surface area contributed by atoms with Crippen molar-refractivity contribution < 1.29 is 0 Å². The van der Waals surface area contributed by atoms with Crippen molar-refractivity contribution in [3.8, 4) is 0 Å². The molecule has 1 heterocycles. The molecule has 0 aliphatic heterocycles. The van der Waals surface area contributed by atoms with E-state index in [4.69, 9.17) is 5.73 Å².